The molecule has 0 spiro atoms. The molecule has 0 amide bonds. The Bertz CT molecular complexity index is 583. The van der Waals surface area contributed by atoms with Crippen molar-refractivity contribution < 1.29 is 24.8 Å². The highest BCUT2D eigenvalue weighted by Crippen LogP contribution is 2.37. The fourth-order valence-corrected chi connectivity index (χ4v) is 2.15. The molecule has 0 bridgehead atoms. The first-order valence-electron chi connectivity index (χ1n) is 6.05. The van der Waals surface area contributed by atoms with Crippen LogP contribution in [0.4, 0.5) is 0 Å². The van der Waals surface area contributed by atoms with E-state index in [4.69, 9.17) is 9.47 Å². The molecule has 1 fully saturated rings. The Morgan fingerprint density at radius 2 is 2.20 bits per heavy atom. The Hall–Kier alpha value is -1.52. The van der Waals surface area contributed by atoms with E-state index in [1.807, 2.05) is 4.98 Å². The van der Waals surface area contributed by atoms with Crippen LogP contribution in [0.25, 0.3) is 0 Å². The molecule has 0 aliphatic carbocycles. The number of hydrogen-bond acceptors (Lipinski definition) is 7. The van der Waals surface area contributed by atoms with Crippen molar-refractivity contribution >= 4 is 0 Å². The largest absolute Gasteiger partial charge is 0.391 e. The first-order chi connectivity index (χ1) is 9.45. The molecule has 0 radical (unpaired) electrons. The zero-order chi connectivity index (χ0) is 14.9. The summed E-state index contributed by atoms with van der Waals surface area (Å²) in [6.45, 7) is 1.05. The monoisotopic (exact) mass is 288 g/mol. The Morgan fingerprint density at radius 3 is 2.75 bits per heavy atom. The highest BCUT2D eigenvalue weighted by Gasteiger charge is 2.56. The molecule has 2 heterocycles. The number of hydrogen-bond donors (Lipinski definition) is 4. The van der Waals surface area contributed by atoms with Gasteiger partial charge in [-0.2, -0.15) is 0 Å². The molecule has 1 aliphatic heterocycles. The average molecular weight is 288 g/mol. The molecule has 1 saturated heterocycles. The number of aliphatic hydroxyl groups is 3. The van der Waals surface area contributed by atoms with Crippen LogP contribution in [0, 0.1) is 0 Å². The van der Waals surface area contributed by atoms with E-state index in [1.165, 1.54) is 0 Å². The molecule has 9 nitrogen and oxygen atoms in total. The Balaban J connectivity index is 2.39. The summed E-state index contributed by atoms with van der Waals surface area (Å²) in [4.78, 5) is 24.7. The number of aromatic nitrogens is 2. The maximum absolute atomic E-state index is 11.7. The topological polar surface area (TPSA) is 134 Å². The van der Waals surface area contributed by atoms with Gasteiger partial charge in [0, 0.05) is 18.9 Å². The second-order valence-corrected chi connectivity index (χ2v) is 4.36. The van der Waals surface area contributed by atoms with Gasteiger partial charge >= 0.3 is 5.69 Å². The number of H-pyrrole nitrogens is 1. The summed E-state index contributed by atoms with van der Waals surface area (Å²) >= 11 is 0. The second kappa shape index (κ2) is 5.46. The van der Waals surface area contributed by atoms with E-state index in [0.29, 0.717) is 0 Å². The third-order valence-corrected chi connectivity index (χ3v) is 3.12. The zero-order valence-electron chi connectivity index (χ0n) is 10.7. The van der Waals surface area contributed by atoms with Crippen LogP contribution in [0.5, 0.6) is 0 Å². The average Bonchev–Trinajstić information content (AvgIpc) is 2.65. The quantitative estimate of drug-likeness (QED) is 0.481. The summed E-state index contributed by atoms with van der Waals surface area (Å²) in [5, 5.41) is 29.3. The normalized spacial score (nSPS) is 33.5. The minimum Gasteiger partial charge on any atom is -0.391 e. The fourth-order valence-electron chi connectivity index (χ4n) is 2.15. The van der Waals surface area contributed by atoms with Crippen molar-refractivity contribution in [2.24, 2.45) is 0 Å². The molecular weight excluding hydrogens is 272 g/mol. The van der Waals surface area contributed by atoms with Gasteiger partial charge in [0.15, 0.2) is 6.23 Å². The third-order valence-electron chi connectivity index (χ3n) is 3.12. The molecule has 1 aliphatic rings. The Morgan fingerprint density at radius 1 is 1.50 bits per heavy atom. The highest BCUT2D eigenvalue weighted by molar-refractivity contribution is 4.97. The van der Waals surface area contributed by atoms with Gasteiger partial charge < -0.3 is 24.8 Å². The van der Waals surface area contributed by atoms with E-state index in [9.17, 15) is 24.9 Å². The van der Waals surface area contributed by atoms with Gasteiger partial charge in [-0.25, -0.2) is 4.79 Å². The summed E-state index contributed by atoms with van der Waals surface area (Å²) in [6.07, 6.45) is -3.21. The molecule has 4 N–H and O–H groups in total. The van der Waals surface area contributed by atoms with Crippen LogP contribution in [-0.2, 0) is 9.47 Å². The van der Waals surface area contributed by atoms with Gasteiger partial charge in [-0.05, 0) is 6.92 Å². The predicted octanol–water partition coefficient (Wildman–Crippen LogP) is -2.49. The second-order valence-electron chi connectivity index (χ2n) is 4.36. The van der Waals surface area contributed by atoms with Gasteiger partial charge in [-0.15, -0.1) is 0 Å². The first-order valence-corrected chi connectivity index (χ1v) is 6.05. The van der Waals surface area contributed by atoms with Gasteiger partial charge in [-0.3, -0.25) is 14.3 Å². The number of ether oxygens (including phenoxy) is 2. The predicted molar refractivity (Wildman–Crippen MR) is 64.9 cm³/mol. The van der Waals surface area contributed by atoms with Crippen LogP contribution in [0.2, 0.25) is 0 Å². The van der Waals surface area contributed by atoms with Crippen LogP contribution in [0.15, 0.2) is 21.9 Å². The van der Waals surface area contributed by atoms with Gasteiger partial charge in [0.2, 0.25) is 5.79 Å². The maximum Gasteiger partial charge on any atom is 0.330 e. The van der Waals surface area contributed by atoms with Crippen LogP contribution in [0.3, 0.4) is 0 Å². The van der Waals surface area contributed by atoms with Gasteiger partial charge in [0.1, 0.15) is 18.8 Å². The van der Waals surface area contributed by atoms with Crippen molar-refractivity contribution in [1.82, 2.24) is 9.55 Å². The lowest BCUT2D eigenvalue weighted by Crippen LogP contribution is -2.48. The lowest BCUT2D eigenvalue weighted by Gasteiger charge is -2.29. The summed E-state index contributed by atoms with van der Waals surface area (Å²) in [6, 6.07) is 1.07. The molecule has 20 heavy (non-hydrogen) atoms. The van der Waals surface area contributed by atoms with E-state index in [0.717, 1.165) is 16.8 Å². The first kappa shape index (κ1) is 14.9. The molecular formula is C11H16N2O7. The maximum atomic E-state index is 11.7. The zero-order valence-corrected chi connectivity index (χ0v) is 10.7. The smallest absolute Gasteiger partial charge is 0.330 e. The van der Waals surface area contributed by atoms with Crippen LogP contribution < -0.4 is 11.2 Å². The van der Waals surface area contributed by atoms with E-state index in [-0.39, 0.29) is 6.61 Å². The van der Waals surface area contributed by atoms with Gasteiger partial charge in [-0.1, -0.05) is 0 Å². The van der Waals surface area contributed by atoms with E-state index >= 15 is 0 Å². The van der Waals surface area contributed by atoms with E-state index in [2.05, 4.69) is 0 Å². The fraction of sp³-hybridized carbons (Fsp3) is 0.636. The molecule has 1 aromatic rings. The summed E-state index contributed by atoms with van der Waals surface area (Å²) in [7, 11) is 0. The van der Waals surface area contributed by atoms with Crippen molar-refractivity contribution in [1.29, 1.82) is 0 Å². The van der Waals surface area contributed by atoms with Crippen molar-refractivity contribution in [2.75, 3.05) is 13.2 Å². The molecule has 4 atom stereocenters. The Labute approximate surface area is 113 Å². The lowest BCUT2D eigenvalue weighted by molar-refractivity contribution is -0.280. The lowest BCUT2D eigenvalue weighted by atomic mass is 10.1. The number of rotatable bonds is 4. The number of aromatic amines is 1. The molecule has 0 aromatic carbocycles. The summed E-state index contributed by atoms with van der Waals surface area (Å²) in [5.74, 6) is -1.81. The van der Waals surface area contributed by atoms with Crippen LogP contribution >= 0.6 is 0 Å². The van der Waals surface area contributed by atoms with Crippen LogP contribution in [0.1, 0.15) is 13.2 Å². The highest BCUT2D eigenvalue weighted by atomic mass is 16.7. The third kappa shape index (κ3) is 2.30. The van der Waals surface area contributed by atoms with E-state index < -0.39 is 42.1 Å². The van der Waals surface area contributed by atoms with E-state index in [1.54, 1.807) is 6.92 Å². The molecule has 9 heteroatoms. The summed E-state index contributed by atoms with van der Waals surface area (Å²) in [5.41, 5.74) is -1.41. The molecule has 2 rings (SSSR count). The van der Waals surface area contributed by atoms with Crippen molar-refractivity contribution in [3.63, 3.8) is 0 Å². The minimum absolute atomic E-state index is 0.123. The molecule has 112 valence electrons. The van der Waals surface area contributed by atoms with Crippen LogP contribution in [-0.4, -0.2) is 56.1 Å². The number of nitrogens with zero attached hydrogens (tertiary/aromatic N) is 1. The van der Waals surface area contributed by atoms with Gasteiger partial charge in [0.05, 0.1) is 0 Å². The minimum atomic E-state index is -1.81. The van der Waals surface area contributed by atoms with Crippen molar-refractivity contribution in [3.05, 3.63) is 33.1 Å². The Kier molecular flexibility index (Phi) is 4.06. The van der Waals surface area contributed by atoms with Crippen molar-refractivity contribution in [3.8, 4) is 0 Å². The molecule has 0 saturated carbocycles. The molecule has 1 aromatic heterocycles. The molecule has 4 unspecified atom stereocenters. The van der Waals surface area contributed by atoms with Gasteiger partial charge in [0.25, 0.3) is 5.56 Å². The summed E-state index contributed by atoms with van der Waals surface area (Å²) < 4.78 is 11.4. The number of aliphatic hydroxyl groups excluding tert-OH is 3. The van der Waals surface area contributed by atoms with Crippen molar-refractivity contribution in [2.45, 2.75) is 31.1 Å². The SMILES string of the molecule is CCOC1(CO)OC(n2ccc(=O)[nH]c2=O)C(O)C1O. The number of nitrogens with one attached hydrogen (secondary N) is 1. The standard InChI is InChI=1S/C11H16N2O7/c1-2-19-11(5-14)8(17)7(16)9(20-11)13-4-3-6(15)12-10(13)18/h3-4,7-9,14,16-17H,2,5H2,1H3,(H,12,15,18).